The normalized spacial score (nSPS) is 12.4. The molecule has 268 valence electrons. The molecule has 0 spiro atoms. The molecule has 0 aliphatic carbocycles. The van der Waals surface area contributed by atoms with Crippen LogP contribution >= 0.6 is 0 Å². The molecule has 0 aromatic heterocycles. The predicted octanol–water partition coefficient (Wildman–Crippen LogP) is 9.71. The van der Waals surface area contributed by atoms with Crippen molar-refractivity contribution in [3.8, 4) is 0 Å². The summed E-state index contributed by atoms with van der Waals surface area (Å²) in [5, 5.41) is 2.82. The zero-order chi connectivity index (χ0) is 33.4. The van der Waals surface area contributed by atoms with Crippen LogP contribution in [0.4, 0.5) is 0 Å². The highest BCUT2D eigenvalue weighted by molar-refractivity contribution is 7.80. The van der Waals surface area contributed by atoms with Gasteiger partial charge < -0.3 is 10.2 Å². The zero-order valence-electron chi connectivity index (χ0n) is 29.6. The summed E-state index contributed by atoms with van der Waals surface area (Å²) in [4.78, 5) is 26.9. The maximum absolute atomic E-state index is 12.9. The molecule has 9 heteroatoms. The Morgan fingerprint density at radius 1 is 0.600 bits per heavy atom. The monoisotopic (exact) mass is 661 g/mol. The van der Waals surface area contributed by atoms with Gasteiger partial charge in [-0.05, 0) is 12.8 Å². The summed E-state index contributed by atoms with van der Waals surface area (Å²) >= 11 is 0. The lowest BCUT2D eigenvalue weighted by Gasteiger charge is -2.26. The fraction of sp³-hybridized carbons (Fsp3) is 0.944. The van der Waals surface area contributed by atoms with Crippen LogP contribution in [0, 0.1) is 0 Å². The second-order valence-electron chi connectivity index (χ2n) is 13.1. The minimum atomic E-state index is -4.72. The van der Waals surface area contributed by atoms with E-state index in [0.29, 0.717) is 13.0 Å². The second kappa shape index (κ2) is 31.4. The van der Waals surface area contributed by atoms with Crippen LogP contribution in [0.1, 0.15) is 194 Å². The minimum absolute atomic E-state index is 0.228. The molecule has 2 amide bonds. The Morgan fingerprint density at radius 2 is 0.933 bits per heavy atom. The molecular weight excluding hydrogens is 588 g/mol. The SMILES string of the molecule is CCCCCCCCCCCCCCCCCC(=O)N(C)[C@@H](COS(=O)(=O)O)C(=O)NCCCCCCCCCCCCCC. The van der Waals surface area contributed by atoms with Crippen molar-refractivity contribution in [1.82, 2.24) is 10.2 Å². The van der Waals surface area contributed by atoms with Crippen molar-refractivity contribution >= 4 is 22.2 Å². The first-order chi connectivity index (χ1) is 21.7. The van der Waals surface area contributed by atoms with Gasteiger partial charge in [0.2, 0.25) is 11.8 Å². The number of hydrogen-bond acceptors (Lipinski definition) is 5. The summed E-state index contributed by atoms with van der Waals surface area (Å²) in [5.74, 6) is -0.691. The van der Waals surface area contributed by atoms with E-state index >= 15 is 0 Å². The van der Waals surface area contributed by atoms with Crippen molar-refractivity contribution in [3.05, 3.63) is 0 Å². The molecule has 0 bridgehead atoms. The van der Waals surface area contributed by atoms with Gasteiger partial charge in [-0.15, -0.1) is 0 Å². The van der Waals surface area contributed by atoms with Crippen LogP contribution in [0.15, 0.2) is 0 Å². The van der Waals surface area contributed by atoms with E-state index < -0.39 is 29.0 Å². The third-order valence-electron chi connectivity index (χ3n) is 8.86. The van der Waals surface area contributed by atoms with Crippen LogP contribution < -0.4 is 5.32 Å². The Hall–Kier alpha value is -1.19. The molecule has 0 aromatic rings. The topological polar surface area (TPSA) is 113 Å². The van der Waals surface area contributed by atoms with Gasteiger partial charge in [0, 0.05) is 20.0 Å². The van der Waals surface area contributed by atoms with Gasteiger partial charge in [-0.2, -0.15) is 8.42 Å². The minimum Gasteiger partial charge on any atom is -0.354 e. The lowest BCUT2D eigenvalue weighted by molar-refractivity contribution is -0.140. The van der Waals surface area contributed by atoms with Gasteiger partial charge in [-0.1, -0.05) is 174 Å². The molecule has 0 radical (unpaired) electrons. The first-order valence-electron chi connectivity index (χ1n) is 18.9. The van der Waals surface area contributed by atoms with Gasteiger partial charge in [0.1, 0.15) is 6.04 Å². The maximum atomic E-state index is 12.9. The quantitative estimate of drug-likeness (QED) is 0.0525. The first-order valence-corrected chi connectivity index (χ1v) is 20.2. The second-order valence-corrected chi connectivity index (χ2v) is 14.2. The fourth-order valence-electron chi connectivity index (χ4n) is 5.81. The number of amides is 2. The molecule has 0 saturated carbocycles. The lowest BCUT2D eigenvalue weighted by atomic mass is 10.0. The van der Waals surface area contributed by atoms with Crippen LogP contribution in [-0.4, -0.2) is 55.9 Å². The van der Waals surface area contributed by atoms with E-state index in [4.69, 9.17) is 4.55 Å². The molecule has 45 heavy (non-hydrogen) atoms. The zero-order valence-corrected chi connectivity index (χ0v) is 30.5. The Labute approximate surface area is 278 Å². The number of carbonyl (C=O) groups excluding carboxylic acids is 2. The molecule has 2 N–H and O–H groups in total. The molecule has 0 aromatic carbocycles. The smallest absolute Gasteiger partial charge is 0.354 e. The van der Waals surface area contributed by atoms with Gasteiger partial charge in [0.05, 0.1) is 6.61 Å². The van der Waals surface area contributed by atoms with Crippen molar-refractivity contribution in [3.63, 3.8) is 0 Å². The van der Waals surface area contributed by atoms with Gasteiger partial charge in [0.25, 0.3) is 0 Å². The van der Waals surface area contributed by atoms with Crippen LogP contribution in [0.5, 0.6) is 0 Å². The molecule has 0 fully saturated rings. The van der Waals surface area contributed by atoms with Gasteiger partial charge >= 0.3 is 10.4 Å². The number of carbonyl (C=O) groups is 2. The molecule has 8 nitrogen and oxygen atoms in total. The van der Waals surface area contributed by atoms with Crippen molar-refractivity contribution < 1.29 is 26.7 Å². The van der Waals surface area contributed by atoms with Crippen LogP contribution in [0.25, 0.3) is 0 Å². The van der Waals surface area contributed by atoms with Crippen molar-refractivity contribution in [2.45, 2.75) is 200 Å². The van der Waals surface area contributed by atoms with E-state index in [2.05, 4.69) is 23.3 Å². The summed E-state index contributed by atoms with van der Waals surface area (Å²) < 4.78 is 35.9. The largest absolute Gasteiger partial charge is 0.397 e. The van der Waals surface area contributed by atoms with E-state index in [1.54, 1.807) is 0 Å². The standard InChI is InChI=1S/C36H72N2O6S/c1-4-6-8-10-12-14-16-18-19-20-21-23-25-27-29-31-35(39)38(3)34(33-44-45(41,42)43)36(40)37-32-30-28-26-24-22-17-15-13-11-9-7-5-2/h34H,4-33H2,1-3H3,(H,37,40)(H,41,42,43)/t34-/m0/s1. The number of unbranched alkanes of at least 4 members (excludes halogenated alkanes) is 25. The molecule has 0 saturated heterocycles. The Morgan fingerprint density at radius 3 is 1.29 bits per heavy atom. The van der Waals surface area contributed by atoms with Gasteiger partial charge in [-0.25, -0.2) is 4.18 Å². The molecule has 0 unspecified atom stereocenters. The number of hydrogen-bond donors (Lipinski definition) is 2. The van der Waals surface area contributed by atoms with E-state index in [1.807, 2.05) is 0 Å². The van der Waals surface area contributed by atoms with Crippen molar-refractivity contribution in [2.24, 2.45) is 0 Å². The molecule has 1 atom stereocenters. The van der Waals surface area contributed by atoms with Gasteiger partial charge in [0.15, 0.2) is 0 Å². The molecule has 0 rings (SSSR count). The summed E-state index contributed by atoms with van der Waals surface area (Å²) in [7, 11) is -3.23. The number of nitrogens with one attached hydrogen (secondary N) is 1. The third-order valence-corrected chi connectivity index (χ3v) is 9.30. The fourth-order valence-corrected chi connectivity index (χ4v) is 6.11. The average Bonchev–Trinajstić information content (AvgIpc) is 3.00. The Bertz CT molecular complexity index is 792. The number of rotatable bonds is 34. The van der Waals surface area contributed by atoms with Crippen LogP contribution in [-0.2, 0) is 24.2 Å². The molecule has 0 heterocycles. The lowest BCUT2D eigenvalue weighted by Crippen LogP contribution is -2.50. The van der Waals surface area contributed by atoms with Crippen LogP contribution in [0.3, 0.4) is 0 Å². The van der Waals surface area contributed by atoms with E-state index in [9.17, 15) is 18.0 Å². The van der Waals surface area contributed by atoms with E-state index in [-0.39, 0.29) is 5.91 Å². The average molecular weight is 661 g/mol. The summed E-state index contributed by atoms with van der Waals surface area (Å²) in [6.07, 6.45) is 33.7. The molecular formula is C36H72N2O6S. The number of nitrogens with zero attached hydrogens (tertiary/aromatic N) is 1. The predicted molar refractivity (Wildman–Crippen MR) is 188 cm³/mol. The summed E-state index contributed by atoms with van der Waals surface area (Å²) in [6, 6.07) is -1.12. The molecule has 0 aliphatic heterocycles. The Kier molecular flexibility index (Phi) is 30.6. The summed E-state index contributed by atoms with van der Waals surface area (Å²) in [5.41, 5.74) is 0. The first kappa shape index (κ1) is 43.8. The highest BCUT2D eigenvalue weighted by Gasteiger charge is 2.28. The third kappa shape index (κ3) is 29.9. The maximum Gasteiger partial charge on any atom is 0.397 e. The highest BCUT2D eigenvalue weighted by atomic mass is 32.3. The highest BCUT2D eigenvalue weighted by Crippen LogP contribution is 2.15. The van der Waals surface area contributed by atoms with Crippen molar-refractivity contribution in [1.29, 1.82) is 0 Å². The number of likely N-dealkylation sites (N-methyl/N-ethyl adjacent to an activating group) is 1. The van der Waals surface area contributed by atoms with E-state index in [1.165, 1.54) is 147 Å². The van der Waals surface area contributed by atoms with E-state index in [0.717, 1.165) is 38.5 Å². The Balaban J connectivity index is 4.10. The van der Waals surface area contributed by atoms with Gasteiger partial charge in [-0.3, -0.25) is 14.1 Å². The van der Waals surface area contributed by atoms with Crippen molar-refractivity contribution in [2.75, 3.05) is 20.2 Å². The van der Waals surface area contributed by atoms with Crippen LogP contribution in [0.2, 0.25) is 0 Å². The summed E-state index contributed by atoms with van der Waals surface area (Å²) in [6.45, 7) is 4.35. The molecule has 0 aliphatic rings.